The number of aliphatic hydroxyl groups is 1. The summed E-state index contributed by atoms with van der Waals surface area (Å²) in [7, 11) is 0. The molecule has 0 aliphatic heterocycles. The van der Waals surface area contributed by atoms with Crippen LogP contribution in [0.25, 0.3) is 0 Å². The lowest BCUT2D eigenvalue weighted by atomic mass is 9.96. The quantitative estimate of drug-likeness (QED) is 0.872. The number of benzene rings is 1. The van der Waals surface area contributed by atoms with Gasteiger partial charge < -0.3 is 15.3 Å². The van der Waals surface area contributed by atoms with Gasteiger partial charge in [-0.3, -0.25) is 0 Å². The molecule has 0 aromatic heterocycles. The summed E-state index contributed by atoms with van der Waals surface area (Å²) in [4.78, 5) is 14.0. The number of anilines is 1. The summed E-state index contributed by atoms with van der Waals surface area (Å²) in [5.74, 6) is 0. The van der Waals surface area contributed by atoms with Crippen molar-refractivity contribution in [3.05, 3.63) is 29.3 Å². The Labute approximate surface area is 125 Å². The van der Waals surface area contributed by atoms with Gasteiger partial charge in [0.25, 0.3) is 0 Å². The van der Waals surface area contributed by atoms with Crippen LogP contribution in [0.15, 0.2) is 24.3 Å². The lowest BCUT2D eigenvalue weighted by Gasteiger charge is -2.30. The maximum atomic E-state index is 12.3. The van der Waals surface area contributed by atoms with Crippen LogP contribution in [0.4, 0.5) is 10.5 Å². The van der Waals surface area contributed by atoms with Crippen molar-refractivity contribution >= 4 is 23.3 Å². The van der Waals surface area contributed by atoms with E-state index in [0.29, 0.717) is 30.2 Å². The van der Waals surface area contributed by atoms with Crippen LogP contribution in [0.2, 0.25) is 5.02 Å². The molecule has 0 unspecified atom stereocenters. The number of amides is 2. The molecule has 1 aromatic rings. The van der Waals surface area contributed by atoms with Crippen LogP contribution < -0.4 is 5.32 Å². The summed E-state index contributed by atoms with van der Waals surface area (Å²) in [6.45, 7) is 7.42. The molecule has 112 valence electrons. The highest BCUT2D eigenvalue weighted by Gasteiger charge is 2.21. The van der Waals surface area contributed by atoms with Gasteiger partial charge in [0.2, 0.25) is 0 Å². The number of para-hydroxylation sites is 1. The summed E-state index contributed by atoms with van der Waals surface area (Å²) in [6, 6.07) is 6.95. The highest BCUT2D eigenvalue weighted by atomic mass is 35.5. The predicted octanol–water partition coefficient (Wildman–Crippen LogP) is 3.60. The Hall–Kier alpha value is -1.26. The van der Waals surface area contributed by atoms with Gasteiger partial charge in [0.15, 0.2) is 0 Å². The van der Waals surface area contributed by atoms with E-state index in [4.69, 9.17) is 16.7 Å². The maximum absolute atomic E-state index is 12.3. The molecule has 0 fully saturated rings. The lowest BCUT2D eigenvalue weighted by Crippen LogP contribution is -2.41. The fourth-order valence-electron chi connectivity index (χ4n) is 1.84. The van der Waals surface area contributed by atoms with Crippen molar-refractivity contribution in [1.82, 2.24) is 4.90 Å². The third-order valence-electron chi connectivity index (χ3n) is 2.65. The fraction of sp³-hybridized carbons (Fsp3) is 0.533. The molecular weight excluding hydrogens is 276 g/mol. The number of urea groups is 1. The van der Waals surface area contributed by atoms with Gasteiger partial charge >= 0.3 is 6.03 Å². The first kappa shape index (κ1) is 16.8. The summed E-state index contributed by atoms with van der Waals surface area (Å²) in [6.07, 6.45) is 0.562. The minimum Gasteiger partial charge on any atom is -0.396 e. The van der Waals surface area contributed by atoms with E-state index in [1.54, 1.807) is 17.0 Å². The first-order valence-corrected chi connectivity index (χ1v) is 7.12. The predicted molar refractivity (Wildman–Crippen MR) is 83.2 cm³/mol. The normalized spacial score (nSPS) is 11.2. The Bertz CT molecular complexity index is 444. The molecule has 1 rings (SSSR count). The van der Waals surface area contributed by atoms with Gasteiger partial charge in [-0.1, -0.05) is 44.5 Å². The summed E-state index contributed by atoms with van der Waals surface area (Å²) >= 11 is 6.04. The molecule has 0 spiro atoms. The molecule has 0 saturated heterocycles. The average Bonchev–Trinajstić information content (AvgIpc) is 2.36. The van der Waals surface area contributed by atoms with E-state index in [-0.39, 0.29) is 18.1 Å². The van der Waals surface area contributed by atoms with Crippen LogP contribution in [0.1, 0.15) is 27.2 Å². The number of hydrogen-bond donors (Lipinski definition) is 2. The summed E-state index contributed by atoms with van der Waals surface area (Å²) in [5, 5.41) is 12.3. The Kier molecular flexibility index (Phi) is 6.30. The van der Waals surface area contributed by atoms with Crippen molar-refractivity contribution in [2.75, 3.05) is 25.0 Å². The van der Waals surface area contributed by atoms with Crippen LogP contribution in [-0.2, 0) is 0 Å². The molecule has 0 aliphatic carbocycles. The summed E-state index contributed by atoms with van der Waals surface area (Å²) in [5.41, 5.74) is 0.592. The largest absolute Gasteiger partial charge is 0.396 e. The topological polar surface area (TPSA) is 52.6 Å². The van der Waals surface area contributed by atoms with Gasteiger partial charge in [-0.25, -0.2) is 4.79 Å². The van der Waals surface area contributed by atoms with Crippen LogP contribution in [0.3, 0.4) is 0 Å². The molecule has 4 nitrogen and oxygen atoms in total. The van der Waals surface area contributed by atoms with Gasteiger partial charge in [-0.2, -0.15) is 0 Å². The molecule has 0 radical (unpaired) electrons. The Morgan fingerprint density at radius 2 is 2.00 bits per heavy atom. The average molecular weight is 299 g/mol. The molecule has 5 heteroatoms. The molecular formula is C15H23ClN2O2. The van der Waals surface area contributed by atoms with Gasteiger partial charge in [-0.15, -0.1) is 0 Å². The number of hydrogen-bond acceptors (Lipinski definition) is 2. The zero-order chi connectivity index (χ0) is 15.2. The number of carbonyl (C=O) groups is 1. The smallest absolute Gasteiger partial charge is 0.321 e. The van der Waals surface area contributed by atoms with E-state index in [2.05, 4.69) is 26.1 Å². The zero-order valence-electron chi connectivity index (χ0n) is 12.3. The van der Waals surface area contributed by atoms with Crippen molar-refractivity contribution in [3.8, 4) is 0 Å². The Morgan fingerprint density at radius 1 is 1.35 bits per heavy atom. The van der Waals surface area contributed by atoms with Crippen molar-refractivity contribution < 1.29 is 9.90 Å². The minimum absolute atomic E-state index is 0.00667. The van der Waals surface area contributed by atoms with Crippen molar-refractivity contribution in [2.45, 2.75) is 27.2 Å². The second kappa shape index (κ2) is 7.50. The molecule has 0 atom stereocenters. The monoisotopic (exact) mass is 298 g/mol. The van der Waals surface area contributed by atoms with Gasteiger partial charge in [-0.05, 0) is 24.0 Å². The van der Waals surface area contributed by atoms with Crippen molar-refractivity contribution in [2.24, 2.45) is 5.41 Å². The van der Waals surface area contributed by atoms with E-state index in [0.717, 1.165) is 0 Å². The van der Waals surface area contributed by atoms with Crippen LogP contribution in [-0.4, -0.2) is 35.7 Å². The maximum Gasteiger partial charge on any atom is 0.321 e. The van der Waals surface area contributed by atoms with E-state index >= 15 is 0 Å². The number of rotatable bonds is 5. The third kappa shape index (κ3) is 5.80. The summed E-state index contributed by atoms with van der Waals surface area (Å²) < 4.78 is 0. The Balaban J connectivity index is 2.75. The van der Waals surface area contributed by atoms with Crippen molar-refractivity contribution in [3.63, 3.8) is 0 Å². The number of nitrogens with zero attached hydrogens (tertiary/aromatic N) is 1. The van der Waals surface area contributed by atoms with E-state index in [1.807, 2.05) is 12.1 Å². The number of aliphatic hydroxyl groups excluding tert-OH is 1. The molecule has 2 amide bonds. The Morgan fingerprint density at radius 3 is 2.55 bits per heavy atom. The molecule has 20 heavy (non-hydrogen) atoms. The zero-order valence-corrected chi connectivity index (χ0v) is 13.1. The number of nitrogens with one attached hydrogen (secondary N) is 1. The number of halogens is 1. The first-order chi connectivity index (χ1) is 9.33. The molecule has 0 saturated carbocycles. The third-order valence-corrected chi connectivity index (χ3v) is 2.98. The molecule has 2 N–H and O–H groups in total. The van der Waals surface area contributed by atoms with Crippen LogP contribution in [0, 0.1) is 5.41 Å². The molecule has 0 aliphatic rings. The second-order valence-corrected chi connectivity index (χ2v) is 6.38. The SMILES string of the molecule is CC(C)(C)CN(CCCO)C(=O)Nc1ccccc1Cl. The lowest BCUT2D eigenvalue weighted by molar-refractivity contribution is 0.176. The molecule has 1 aromatic carbocycles. The van der Waals surface area contributed by atoms with E-state index in [1.165, 1.54) is 0 Å². The highest BCUT2D eigenvalue weighted by molar-refractivity contribution is 6.33. The minimum atomic E-state index is -0.193. The molecule has 0 heterocycles. The first-order valence-electron chi connectivity index (χ1n) is 6.75. The highest BCUT2D eigenvalue weighted by Crippen LogP contribution is 2.22. The van der Waals surface area contributed by atoms with Crippen LogP contribution in [0.5, 0.6) is 0 Å². The van der Waals surface area contributed by atoms with Gasteiger partial charge in [0.1, 0.15) is 0 Å². The second-order valence-electron chi connectivity index (χ2n) is 5.97. The van der Waals surface area contributed by atoms with Crippen LogP contribution >= 0.6 is 11.6 Å². The molecule has 0 bridgehead atoms. The fourth-order valence-corrected chi connectivity index (χ4v) is 2.03. The standard InChI is InChI=1S/C15H23ClN2O2/c1-15(2,3)11-18(9-6-10-19)14(20)17-13-8-5-4-7-12(13)16/h4-5,7-8,19H,6,9-11H2,1-3H3,(H,17,20). The van der Waals surface area contributed by atoms with E-state index in [9.17, 15) is 4.79 Å². The van der Waals surface area contributed by atoms with Crippen molar-refractivity contribution in [1.29, 1.82) is 0 Å². The van der Waals surface area contributed by atoms with E-state index < -0.39 is 0 Å². The number of carbonyl (C=O) groups excluding carboxylic acids is 1. The van der Waals surface area contributed by atoms with Gasteiger partial charge in [0, 0.05) is 19.7 Å². The van der Waals surface area contributed by atoms with Gasteiger partial charge in [0.05, 0.1) is 10.7 Å².